The Morgan fingerprint density at radius 3 is 2.52 bits per heavy atom. The molecule has 6 nitrogen and oxygen atoms in total. The van der Waals surface area contributed by atoms with E-state index in [0.29, 0.717) is 18.5 Å². The van der Waals surface area contributed by atoms with E-state index >= 15 is 0 Å². The second-order valence-corrected chi connectivity index (χ2v) is 7.63. The van der Waals surface area contributed by atoms with E-state index in [9.17, 15) is 9.59 Å². The minimum absolute atomic E-state index is 0.253. The first-order chi connectivity index (χ1) is 11.9. The van der Waals surface area contributed by atoms with Crippen molar-refractivity contribution >= 4 is 0 Å². The third kappa shape index (κ3) is 3.23. The molecule has 0 aliphatic heterocycles. The summed E-state index contributed by atoms with van der Waals surface area (Å²) in [6, 6.07) is 6.24. The average Bonchev–Trinajstić information content (AvgIpc) is 3.50. The number of nitrogens with zero attached hydrogens (tertiary/aromatic N) is 3. The molecule has 0 spiro atoms. The van der Waals surface area contributed by atoms with E-state index in [2.05, 4.69) is 24.0 Å². The van der Waals surface area contributed by atoms with Gasteiger partial charge in [0.05, 0.1) is 6.54 Å². The standard InChI is InChI=1S/C19H25N3O3/c1-12-8-16(12)17-7-6-15(25-17)11-22(13-4-5-13)10-14-9-18(23)21(3)19(24)20(14)2/h6-7,9,12-13,16H,4-5,8,10-11H2,1-3H3/t12-,16-/m0/s1. The van der Waals surface area contributed by atoms with Crippen LogP contribution in [0.5, 0.6) is 0 Å². The van der Waals surface area contributed by atoms with Crippen molar-refractivity contribution in [2.24, 2.45) is 20.0 Å². The molecule has 134 valence electrons. The molecule has 6 heteroatoms. The molecule has 2 fully saturated rings. The Morgan fingerprint density at radius 1 is 1.16 bits per heavy atom. The number of rotatable bonds is 6. The number of hydrogen-bond acceptors (Lipinski definition) is 4. The molecular formula is C19H25N3O3. The maximum Gasteiger partial charge on any atom is 0.330 e. The topological polar surface area (TPSA) is 60.4 Å². The summed E-state index contributed by atoms with van der Waals surface area (Å²) in [7, 11) is 3.23. The van der Waals surface area contributed by atoms with Crippen molar-refractivity contribution in [3.05, 3.63) is 56.3 Å². The molecule has 0 bridgehead atoms. The second kappa shape index (κ2) is 6.02. The Kier molecular flexibility index (Phi) is 3.95. The zero-order valence-corrected chi connectivity index (χ0v) is 15.1. The molecule has 2 saturated carbocycles. The Hall–Kier alpha value is -2.08. The number of furan rings is 1. The van der Waals surface area contributed by atoms with Gasteiger partial charge in [-0.1, -0.05) is 6.92 Å². The summed E-state index contributed by atoms with van der Waals surface area (Å²) < 4.78 is 8.75. The van der Waals surface area contributed by atoms with Crippen LogP contribution in [-0.2, 0) is 27.2 Å². The predicted octanol–water partition coefficient (Wildman–Crippen LogP) is 1.96. The van der Waals surface area contributed by atoms with Gasteiger partial charge in [0, 0.05) is 44.4 Å². The molecule has 2 aromatic heterocycles. The third-order valence-corrected chi connectivity index (χ3v) is 5.57. The lowest BCUT2D eigenvalue weighted by atomic mass is 10.2. The van der Waals surface area contributed by atoms with E-state index in [0.717, 1.165) is 47.1 Å². The molecule has 2 heterocycles. The van der Waals surface area contributed by atoms with Gasteiger partial charge in [0.25, 0.3) is 5.56 Å². The van der Waals surface area contributed by atoms with Crippen LogP contribution < -0.4 is 11.2 Å². The van der Waals surface area contributed by atoms with Crippen molar-refractivity contribution in [2.75, 3.05) is 0 Å². The van der Waals surface area contributed by atoms with E-state index in [1.54, 1.807) is 17.7 Å². The molecule has 0 saturated heterocycles. The lowest BCUT2D eigenvalue weighted by Crippen LogP contribution is -2.39. The van der Waals surface area contributed by atoms with Gasteiger partial charge in [-0.15, -0.1) is 0 Å². The molecule has 2 aromatic rings. The first kappa shape index (κ1) is 16.4. The van der Waals surface area contributed by atoms with E-state index in [4.69, 9.17) is 4.42 Å². The maximum atomic E-state index is 12.1. The van der Waals surface area contributed by atoms with Crippen LogP contribution in [0.3, 0.4) is 0 Å². The molecular weight excluding hydrogens is 318 g/mol. The van der Waals surface area contributed by atoms with Crippen molar-refractivity contribution in [2.45, 2.75) is 51.2 Å². The Bertz CT molecular complexity index is 903. The quantitative estimate of drug-likeness (QED) is 0.804. The highest BCUT2D eigenvalue weighted by Gasteiger charge is 2.37. The fraction of sp³-hybridized carbons (Fsp3) is 0.579. The summed E-state index contributed by atoms with van der Waals surface area (Å²) in [4.78, 5) is 26.4. The highest BCUT2D eigenvalue weighted by molar-refractivity contribution is 5.18. The van der Waals surface area contributed by atoms with Crippen LogP contribution in [0, 0.1) is 5.92 Å². The van der Waals surface area contributed by atoms with E-state index in [1.807, 2.05) is 0 Å². The Morgan fingerprint density at radius 2 is 1.88 bits per heavy atom. The SMILES string of the molecule is C[C@H]1C[C@@H]1c1ccc(CN(Cc2cc(=O)n(C)c(=O)n2C)C2CC2)o1. The average molecular weight is 343 g/mol. The monoisotopic (exact) mass is 343 g/mol. The molecule has 25 heavy (non-hydrogen) atoms. The highest BCUT2D eigenvalue weighted by atomic mass is 16.3. The highest BCUT2D eigenvalue weighted by Crippen LogP contribution is 2.47. The lowest BCUT2D eigenvalue weighted by Gasteiger charge is -2.22. The fourth-order valence-electron chi connectivity index (χ4n) is 3.49. The summed E-state index contributed by atoms with van der Waals surface area (Å²) in [5, 5.41) is 0. The van der Waals surface area contributed by atoms with Gasteiger partial charge < -0.3 is 4.42 Å². The first-order valence-electron chi connectivity index (χ1n) is 9.02. The van der Waals surface area contributed by atoms with Gasteiger partial charge in [-0.25, -0.2) is 4.79 Å². The van der Waals surface area contributed by atoms with E-state index in [1.165, 1.54) is 13.5 Å². The van der Waals surface area contributed by atoms with Crippen LogP contribution in [0.2, 0.25) is 0 Å². The van der Waals surface area contributed by atoms with Crippen LogP contribution in [0.1, 0.15) is 49.3 Å². The normalized spacial score (nSPS) is 22.6. The van der Waals surface area contributed by atoms with Crippen molar-refractivity contribution < 1.29 is 4.42 Å². The van der Waals surface area contributed by atoms with Crippen molar-refractivity contribution in [3.63, 3.8) is 0 Å². The van der Waals surface area contributed by atoms with Crippen LogP contribution in [0.4, 0.5) is 0 Å². The molecule has 2 aliphatic carbocycles. The smallest absolute Gasteiger partial charge is 0.330 e. The van der Waals surface area contributed by atoms with Crippen molar-refractivity contribution in [3.8, 4) is 0 Å². The largest absolute Gasteiger partial charge is 0.464 e. The minimum Gasteiger partial charge on any atom is -0.464 e. The lowest BCUT2D eigenvalue weighted by molar-refractivity contribution is 0.217. The molecule has 2 atom stereocenters. The van der Waals surface area contributed by atoms with Crippen LogP contribution in [0.15, 0.2) is 32.2 Å². The molecule has 0 aromatic carbocycles. The zero-order chi connectivity index (χ0) is 17.7. The van der Waals surface area contributed by atoms with Gasteiger partial charge in [0.1, 0.15) is 11.5 Å². The summed E-state index contributed by atoms with van der Waals surface area (Å²) in [5.41, 5.74) is 0.223. The minimum atomic E-state index is -0.277. The van der Waals surface area contributed by atoms with Crippen molar-refractivity contribution in [1.82, 2.24) is 14.0 Å². The molecule has 0 N–H and O–H groups in total. The number of hydrogen-bond donors (Lipinski definition) is 0. The summed E-state index contributed by atoms with van der Waals surface area (Å²) >= 11 is 0. The van der Waals surface area contributed by atoms with Gasteiger partial charge >= 0.3 is 5.69 Å². The molecule has 0 radical (unpaired) electrons. The summed E-state index contributed by atoms with van der Waals surface area (Å²) in [6.07, 6.45) is 3.53. The first-order valence-corrected chi connectivity index (χ1v) is 9.02. The Balaban J connectivity index is 1.54. The fourth-order valence-corrected chi connectivity index (χ4v) is 3.49. The van der Waals surface area contributed by atoms with Crippen LogP contribution in [0.25, 0.3) is 0 Å². The van der Waals surface area contributed by atoms with Crippen molar-refractivity contribution in [1.29, 1.82) is 0 Å². The maximum absolute atomic E-state index is 12.1. The van der Waals surface area contributed by atoms with Gasteiger partial charge in [0.15, 0.2) is 0 Å². The zero-order valence-electron chi connectivity index (χ0n) is 15.1. The van der Waals surface area contributed by atoms with E-state index in [-0.39, 0.29) is 11.2 Å². The van der Waals surface area contributed by atoms with Gasteiger partial charge in [-0.2, -0.15) is 0 Å². The van der Waals surface area contributed by atoms with E-state index < -0.39 is 0 Å². The Labute approximate surface area is 146 Å². The summed E-state index contributed by atoms with van der Waals surface area (Å²) in [6.45, 7) is 3.55. The van der Waals surface area contributed by atoms with Gasteiger partial charge in [0.2, 0.25) is 0 Å². The predicted molar refractivity (Wildman–Crippen MR) is 94.4 cm³/mol. The van der Waals surface area contributed by atoms with Crippen LogP contribution in [-0.4, -0.2) is 20.1 Å². The third-order valence-electron chi connectivity index (χ3n) is 5.57. The summed E-state index contributed by atoms with van der Waals surface area (Å²) in [5.74, 6) is 3.38. The second-order valence-electron chi connectivity index (χ2n) is 7.63. The molecule has 4 rings (SSSR count). The van der Waals surface area contributed by atoms with Gasteiger partial charge in [-0.3, -0.25) is 18.8 Å². The van der Waals surface area contributed by atoms with Crippen LogP contribution >= 0.6 is 0 Å². The van der Waals surface area contributed by atoms with Gasteiger partial charge in [-0.05, 0) is 37.3 Å². The number of aromatic nitrogens is 2. The molecule has 0 unspecified atom stereocenters. The molecule has 0 amide bonds. The molecule has 2 aliphatic rings.